The highest BCUT2D eigenvalue weighted by molar-refractivity contribution is 7.95. The number of halogens is 1. The van der Waals surface area contributed by atoms with Crippen LogP contribution in [0.2, 0.25) is 0 Å². The molecule has 0 unspecified atom stereocenters. The predicted octanol–water partition coefficient (Wildman–Crippen LogP) is 2.33. The summed E-state index contributed by atoms with van der Waals surface area (Å²) >= 11 is 0. The second kappa shape index (κ2) is 5.94. The van der Waals surface area contributed by atoms with E-state index >= 15 is 0 Å². The maximum Gasteiger partial charge on any atom is 0.220 e. The van der Waals surface area contributed by atoms with E-state index in [0.717, 1.165) is 0 Å². The van der Waals surface area contributed by atoms with E-state index in [9.17, 15) is 21.2 Å². The number of fused-ring (bicyclic) bond motifs is 1. The number of sulfonamides is 1. The fourth-order valence-electron chi connectivity index (χ4n) is 2.84. The summed E-state index contributed by atoms with van der Waals surface area (Å²) in [6.07, 6.45) is 0. The van der Waals surface area contributed by atoms with Crippen molar-refractivity contribution in [2.45, 2.75) is 23.1 Å². The molecule has 1 heterocycles. The minimum absolute atomic E-state index is 0.0544. The Morgan fingerprint density at radius 1 is 1.17 bits per heavy atom. The Bertz CT molecular complexity index is 987. The number of hydrogen-bond acceptors (Lipinski definition) is 4. The van der Waals surface area contributed by atoms with Crippen molar-refractivity contribution in [2.75, 3.05) is 5.75 Å². The standard InChI is InChI=1S/C16H16FNO4S2/c1-11(12-5-4-6-13(17)9-12)18-24(21,22)16-10-23(19,20)15-8-3-2-7-14(15)16/h2-9,11,16,18H,10H2,1H3/t11-,16-/m1/s1. The summed E-state index contributed by atoms with van der Waals surface area (Å²) in [5, 5.41) is -1.17. The first-order chi connectivity index (χ1) is 11.2. The molecular formula is C16H16FNO4S2. The molecule has 3 rings (SSSR count). The molecule has 0 bridgehead atoms. The van der Waals surface area contributed by atoms with Crippen LogP contribution in [-0.2, 0) is 19.9 Å². The summed E-state index contributed by atoms with van der Waals surface area (Å²) < 4.78 is 65.5. The van der Waals surface area contributed by atoms with Crippen LogP contribution in [0.4, 0.5) is 4.39 Å². The zero-order valence-corrected chi connectivity index (χ0v) is 14.4. The van der Waals surface area contributed by atoms with Gasteiger partial charge in [0, 0.05) is 6.04 Å². The van der Waals surface area contributed by atoms with Gasteiger partial charge in [-0.1, -0.05) is 30.3 Å². The number of nitrogens with one attached hydrogen (secondary N) is 1. The van der Waals surface area contributed by atoms with Crippen LogP contribution in [0.1, 0.15) is 29.3 Å². The molecule has 5 nitrogen and oxygen atoms in total. The van der Waals surface area contributed by atoms with E-state index in [4.69, 9.17) is 0 Å². The second-order valence-electron chi connectivity index (χ2n) is 5.75. The van der Waals surface area contributed by atoms with Crippen LogP contribution in [0.5, 0.6) is 0 Å². The van der Waals surface area contributed by atoms with E-state index in [1.807, 2.05) is 0 Å². The Hall–Kier alpha value is -1.77. The molecule has 0 amide bonds. The largest absolute Gasteiger partial charge is 0.224 e. The summed E-state index contributed by atoms with van der Waals surface area (Å²) in [5.41, 5.74) is 0.740. The Labute approximate surface area is 140 Å². The first kappa shape index (κ1) is 17.1. The molecule has 128 valence electrons. The minimum Gasteiger partial charge on any atom is -0.224 e. The average Bonchev–Trinajstić information content (AvgIpc) is 2.80. The van der Waals surface area contributed by atoms with Gasteiger partial charge in [-0.25, -0.2) is 25.9 Å². The van der Waals surface area contributed by atoms with Crippen LogP contribution >= 0.6 is 0 Å². The molecule has 1 aliphatic heterocycles. The van der Waals surface area contributed by atoms with Crippen LogP contribution in [0.15, 0.2) is 53.4 Å². The molecule has 0 saturated carbocycles. The van der Waals surface area contributed by atoms with Gasteiger partial charge in [-0.15, -0.1) is 0 Å². The molecule has 8 heteroatoms. The highest BCUT2D eigenvalue weighted by Crippen LogP contribution is 2.38. The maximum atomic E-state index is 13.3. The molecule has 24 heavy (non-hydrogen) atoms. The molecule has 2 aromatic rings. The SMILES string of the molecule is C[C@@H](NS(=O)(=O)[C@@H]1CS(=O)(=O)c2ccccc21)c1cccc(F)c1. The fraction of sp³-hybridized carbons (Fsp3) is 0.250. The third-order valence-electron chi connectivity index (χ3n) is 4.04. The van der Waals surface area contributed by atoms with Gasteiger partial charge in [-0.2, -0.15) is 0 Å². The molecule has 0 saturated heterocycles. The summed E-state index contributed by atoms with van der Waals surface area (Å²) in [6.45, 7) is 1.58. The van der Waals surface area contributed by atoms with Crippen LogP contribution in [0.25, 0.3) is 0 Å². The van der Waals surface area contributed by atoms with Gasteiger partial charge in [0.1, 0.15) is 11.1 Å². The lowest BCUT2D eigenvalue weighted by Crippen LogP contribution is -2.32. The van der Waals surface area contributed by atoms with Gasteiger partial charge in [0.2, 0.25) is 10.0 Å². The molecule has 1 aliphatic rings. The third-order valence-corrected chi connectivity index (χ3v) is 7.91. The zero-order chi connectivity index (χ0) is 17.5. The molecule has 0 fully saturated rings. The Kier molecular flexibility index (Phi) is 4.23. The zero-order valence-electron chi connectivity index (χ0n) is 12.8. The normalized spacial score (nSPS) is 20.5. The number of rotatable bonds is 4. The van der Waals surface area contributed by atoms with E-state index in [1.54, 1.807) is 25.1 Å². The summed E-state index contributed by atoms with van der Waals surface area (Å²) in [4.78, 5) is 0.0544. The van der Waals surface area contributed by atoms with Crippen LogP contribution < -0.4 is 4.72 Å². The maximum absolute atomic E-state index is 13.3. The first-order valence-electron chi connectivity index (χ1n) is 7.29. The van der Waals surface area contributed by atoms with Gasteiger partial charge in [0.15, 0.2) is 9.84 Å². The number of benzene rings is 2. The fourth-order valence-corrected chi connectivity index (χ4v) is 7.11. The van der Waals surface area contributed by atoms with Gasteiger partial charge in [-0.05, 0) is 36.2 Å². The first-order valence-corrected chi connectivity index (χ1v) is 10.5. The Morgan fingerprint density at radius 3 is 2.58 bits per heavy atom. The van der Waals surface area contributed by atoms with E-state index < -0.39 is 42.7 Å². The lowest BCUT2D eigenvalue weighted by molar-refractivity contribution is 0.554. The Morgan fingerprint density at radius 2 is 1.88 bits per heavy atom. The summed E-state index contributed by atoms with van der Waals surface area (Å²) in [6, 6.07) is 11.0. The van der Waals surface area contributed by atoms with E-state index in [1.165, 1.54) is 30.3 Å². The lowest BCUT2D eigenvalue weighted by atomic mass is 10.1. The topological polar surface area (TPSA) is 80.3 Å². The van der Waals surface area contributed by atoms with Crippen molar-refractivity contribution in [3.8, 4) is 0 Å². The van der Waals surface area contributed by atoms with Crippen molar-refractivity contribution < 1.29 is 21.2 Å². The number of sulfone groups is 1. The molecule has 0 spiro atoms. The van der Waals surface area contributed by atoms with Crippen molar-refractivity contribution in [1.29, 1.82) is 0 Å². The lowest BCUT2D eigenvalue weighted by Gasteiger charge is -2.18. The quantitative estimate of drug-likeness (QED) is 0.897. The van der Waals surface area contributed by atoms with Crippen LogP contribution in [-0.4, -0.2) is 22.6 Å². The Balaban J connectivity index is 1.92. The van der Waals surface area contributed by atoms with Crippen LogP contribution in [0, 0.1) is 5.82 Å². The van der Waals surface area contributed by atoms with Gasteiger partial charge in [-0.3, -0.25) is 0 Å². The molecule has 2 aromatic carbocycles. The summed E-state index contributed by atoms with van der Waals surface area (Å²) in [5.74, 6) is -0.954. The average molecular weight is 369 g/mol. The monoisotopic (exact) mass is 369 g/mol. The molecule has 2 atom stereocenters. The summed E-state index contributed by atoms with van der Waals surface area (Å²) in [7, 11) is -7.58. The molecule has 0 aromatic heterocycles. The number of hydrogen-bond donors (Lipinski definition) is 1. The smallest absolute Gasteiger partial charge is 0.220 e. The molecule has 0 aliphatic carbocycles. The van der Waals surface area contributed by atoms with Crippen molar-refractivity contribution in [2.24, 2.45) is 0 Å². The van der Waals surface area contributed by atoms with Gasteiger partial charge in [0.05, 0.1) is 10.6 Å². The predicted molar refractivity (Wildman–Crippen MR) is 88.1 cm³/mol. The van der Waals surface area contributed by atoms with Gasteiger partial charge in [0.25, 0.3) is 0 Å². The van der Waals surface area contributed by atoms with Gasteiger partial charge < -0.3 is 0 Å². The molecular weight excluding hydrogens is 353 g/mol. The highest BCUT2D eigenvalue weighted by atomic mass is 32.2. The molecule has 1 N–H and O–H groups in total. The van der Waals surface area contributed by atoms with Crippen molar-refractivity contribution in [3.63, 3.8) is 0 Å². The van der Waals surface area contributed by atoms with Crippen molar-refractivity contribution in [3.05, 3.63) is 65.5 Å². The van der Waals surface area contributed by atoms with Crippen molar-refractivity contribution in [1.82, 2.24) is 4.72 Å². The van der Waals surface area contributed by atoms with E-state index in [2.05, 4.69) is 4.72 Å². The minimum atomic E-state index is -3.96. The van der Waals surface area contributed by atoms with Crippen molar-refractivity contribution >= 4 is 19.9 Å². The van der Waals surface area contributed by atoms with E-state index in [-0.39, 0.29) is 10.5 Å². The third kappa shape index (κ3) is 3.09. The van der Waals surface area contributed by atoms with E-state index in [0.29, 0.717) is 5.56 Å². The second-order valence-corrected chi connectivity index (χ2v) is 9.64. The highest BCUT2D eigenvalue weighted by Gasteiger charge is 2.42. The van der Waals surface area contributed by atoms with Crippen LogP contribution in [0.3, 0.4) is 0 Å². The molecule has 0 radical (unpaired) electrons. The van der Waals surface area contributed by atoms with Gasteiger partial charge >= 0.3 is 0 Å².